The van der Waals surface area contributed by atoms with E-state index >= 15 is 0 Å². The van der Waals surface area contributed by atoms with Crippen LogP contribution in [0.3, 0.4) is 0 Å². The molecular weight excluding hydrogens is 190 g/mol. The Bertz CT molecular complexity index is 240. The smallest absolute Gasteiger partial charge is 0.319 e. The van der Waals surface area contributed by atoms with Gasteiger partial charge in [-0.05, 0) is 38.1 Å². The third kappa shape index (κ3) is 2.43. The fourth-order valence-electron chi connectivity index (χ4n) is 2.27. The van der Waals surface area contributed by atoms with E-state index in [9.17, 15) is 4.79 Å². The number of carbonyl (C=O) groups excluding carboxylic acids is 1. The van der Waals surface area contributed by atoms with Gasteiger partial charge in [-0.25, -0.2) is 4.79 Å². The van der Waals surface area contributed by atoms with Gasteiger partial charge in [-0.2, -0.15) is 0 Å². The third-order valence-electron chi connectivity index (χ3n) is 3.52. The predicted octanol–water partition coefficient (Wildman–Crippen LogP) is 0.871. The molecule has 0 bridgehead atoms. The van der Waals surface area contributed by atoms with Crippen LogP contribution < -0.4 is 5.73 Å². The Morgan fingerprint density at radius 1 is 1.47 bits per heavy atom. The highest BCUT2D eigenvalue weighted by Gasteiger charge is 2.33. The van der Waals surface area contributed by atoms with Crippen LogP contribution in [0.1, 0.15) is 25.7 Å². The summed E-state index contributed by atoms with van der Waals surface area (Å²) in [7, 11) is 1.92. The number of hydrogen-bond donors (Lipinski definition) is 1. The number of nitrogens with two attached hydrogens (primary N) is 1. The Morgan fingerprint density at radius 3 is 2.80 bits per heavy atom. The maximum atomic E-state index is 12.1. The number of amides is 2. The zero-order chi connectivity index (χ0) is 10.8. The van der Waals surface area contributed by atoms with E-state index in [4.69, 9.17) is 5.73 Å². The van der Waals surface area contributed by atoms with Crippen LogP contribution in [0.5, 0.6) is 0 Å². The summed E-state index contributed by atoms with van der Waals surface area (Å²) in [6.45, 7) is 2.47. The van der Waals surface area contributed by atoms with Crippen LogP contribution in [0.15, 0.2) is 0 Å². The van der Waals surface area contributed by atoms with Crippen molar-refractivity contribution in [3.63, 3.8) is 0 Å². The normalized spacial score (nSPS) is 26.5. The minimum atomic E-state index is 0.204. The number of likely N-dealkylation sites (tertiary alicyclic amines) is 1. The highest BCUT2D eigenvalue weighted by atomic mass is 16.2. The van der Waals surface area contributed by atoms with Crippen molar-refractivity contribution < 1.29 is 4.79 Å². The van der Waals surface area contributed by atoms with E-state index in [1.807, 2.05) is 16.8 Å². The molecule has 2 fully saturated rings. The lowest BCUT2D eigenvalue weighted by Gasteiger charge is -2.35. The first-order valence-corrected chi connectivity index (χ1v) is 5.94. The van der Waals surface area contributed by atoms with Gasteiger partial charge < -0.3 is 15.5 Å². The van der Waals surface area contributed by atoms with E-state index in [0.717, 1.165) is 19.5 Å². The Kier molecular flexibility index (Phi) is 3.14. The molecule has 1 atom stereocenters. The molecule has 0 aromatic carbocycles. The van der Waals surface area contributed by atoms with Gasteiger partial charge in [-0.15, -0.1) is 0 Å². The molecule has 0 spiro atoms. The van der Waals surface area contributed by atoms with E-state index in [-0.39, 0.29) is 6.03 Å². The van der Waals surface area contributed by atoms with Crippen molar-refractivity contribution in [1.82, 2.24) is 9.80 Å². The minimum Gasteiger partial charge on any atom is -0.330 e. The van der Waals surface area contributed by atoms with Gasteiger partial charge in [0.15, 0.2) is 0 Å². The fraction of sp³-hybridized carbons (Fsp3) is 0.909. The molecule has 1 heterocycles. The molecule has 1 unspecified atom stereocenters. The SMILES string of the molecule is CN(C(=O)N1CCCC(CN)C1)C1CC1. The monoisotopic (exact) mass is 211 g/mol. The van der Waals surface area contributed by atoms with Crippen LogP contribution in [0.4, 0.5) is 4.79 Å². The second kappa shape index (κ2) is 4.39. The summed E-state index contributed by atoms with van der Waals surface area (Å²) in [5.74, 6) is 0.510. The van der Waals surface area contributed by atoms with Gasteiger partial charge in [0.25, 0.3) is 0 Å². The van der Waals surface area contributed by atoms with Crippen molar-refractivity contribution in [3.8, 4) is 0 Å². The molecular formula is C11H21N3O. The molecule has 1 saturated heterocycles. The molecule has 15 heavy (non-hydrogen) atoms. The van der Waals surface area contributed by atoms with Crippen molar-refractivity contribution >= 4 is 6.03 Å². The summed E-state index contributed by atoms with van der Waals surface area (Å²) in [6.07, 6.45) is 4.63. The highest BCUT2D eigenvalue weighted by molar-refractivity contribution is 5.75. The van der Waals surface area contributed by atoms with Gasteiger partial charge in [-0.3, -0.25) is 0 Å². The van der Waals surface area contributed by atoms with Crippen LogP contribution in [-0.2, 0) is 0 Å². The molecule has 2 N–H and O–H groups in total. The Hall–Kier alpha value is -0.770. The van der Waals surface area contributed by atoms with Crippen molar-refractivity contribution in [1.29, 1.82) is 0 Å². The van der Waals surface area contributed by atoms with Gasteiger partial charge in [0.05, 0.1) is 0 Å². The zero-order valence-electron chi connectivity index (χ0n) is 9.48. The molecule has 0 aromatic rings. The molecule has 4 nitrogen and oxygen atoms in total. The molecule has 1 aliphatic heterocycles. The first-order valence-electron chi connectivity index (χ1n) is 5.94. The average Bonchev–Trinajstić information content (AvgIpc) is 3.11. The lowest BCUT2D eigenvalue weighted by Crippen LogP contribution is -2.48. The third-order valence-corrected chi connectivity index (χ3v) is 3.52. The first kappa shape index (κ1) is 10.7. The maximum absolute atomic E-state index is 12.1. The summed E-state index contributed by atoms with van der Waals surface area (Å²) >= 11 is 0. The molecule has 1 saturated carbocycles. The van der Waals surface area contributed by atoms with Gasteiger partial charge in [0.1, 0.15) is 0 Å². The Morgan fingerprint density at radius 2 is 2.20 bits per heavy atom. The number of nitrogens with zero attached hydrogens (tertiary/aromatic N) is 2. The second-order valence-corrected chi connectivity index (χ2v) is 4.81. The van der Waals surface area contributed by atoms with Crippen molar-refractivity contribution in [2.75, 3.05) is 26.7 Å². The number of hydrogen-bond acceptors (Lipinski definition) is 2. The zero-order valence-corrected chi connectivity index (χ0v) is 9.48. The standard InChI is InChI=1S/C11H21N3O/c1-13(10-4-5-10)11(15)14-6-2-3-9(7-12)8-14/h9-10H,2-8,12H2,1H3. The predicted molar refractivity (Wildman–Crippen MR) is 59.5 cm³/mol. The van der Waals surface area contributed by atoms with E-state index in [0.29, 0.717) is 18.5 Å². The van der Waals surface area contributed by atoms with E-state index in [2.05, 4.69) is 0 Å². The summed E-state index contributed by atoms with van der Waals surface area (Å²) in [5, 5.41) is 0. The molecule has 4 heteroatoms. The number of carbonyl (C=O) groups is 1. The Balaban J connectivity index is 1.88. The topological polar surface area (TPSA) is 49.6 Å². The van der Waals surface area contributed by atoms with Crippen LogP contribution in [-0.4, -0.2) is 48.6 Å². The van der Waals surface area contributed by atoms with Crippen LogP contribution >= 0.6 is 0 Å². The van der Waals surface area contributed by atoms with E-state index < -0.39 is 0 Å². The van der Waals surface area contributed by atoms with Gasteiger partial charge >= 0.3 is 6.03 Å². The van der Waals surface area contributed by atoms with Crippen molar-refractivity contribution in [2.24, 2.45) is 11.7 Å². The van der Waals surface area contributed by atoms with Crippen LogP contribution in [0.2, 0.25) is 0 Å². The second-order valence-electron chi connectivity index (χ2n) is 4.81. The number of urea groups is 1. The van der Waals surface area contributed by atoms with Crippen molar-refractivity contribution in [2.45, 2.75) is 31.7 Å². The van der Waals surface area contributed by atoms with E-state index in [1.54, 1.807) is 0 Å². The fourth-order valence-corrected chi connectivity index (χ4v) is 2.27. The Labute approximate surface area is 91.4 Å². The number of rotatable bonds is 2. The largest absolute Gasteiger partial charge is 0.330 e. The molecule has 2 aliphatic rings. The summed E-state index contributed by atoms with van der Waals surface area (Å²) in [4.78, 5) is 15.9. The minimum absolute atomic E-state index is 0.204. The average molecular weight is 211 g/mol. The highest BCUT2D eigenvalue weighted by Crippen LogP contribution is 2.27. The molecule has 86 valence electrons. The van der Waals surface area contributed by atoms with Crippen LogP contribution in [0.25, 0.3) is 0 Å². The van der Waals surface area contributed by atoms with Gasteiger partial charge in [0, 0.05) is 26.2 Å². The summed E-state index contributed by atoms with van der Waals surface area (Å²) in [6, 6.07) is 0.714. The quantitative estimate of drug-likeness (QED) is 0.737. The molecule has 0 aromatic heterocycles. The van der Waals surface area contributed by atoms with Gasteiger partial charge in [0.2, 0.25) is 0 Å². The molecule has 0 radical (unpaired) electrons. The number of piperidine rings is 1. The molecule has 1 aliphatic carbocycles. The maximum Gasteiger partial charge on any atom is 0.319 e. The lowest BCUT2D eigenvalue weighted by atomic mass is 9.99. The van der Waals surface area contributed by atoms with E-state index in [1.165, 1.54) is 19.3 Å². The first-order chi connectivity index (χ1) is 7.22. The summed E-state index contributed by atoms with van der Waals surface area (Å²) in [5.41, 5.74) is 5.66. The molecule has 2 amide bonds. The lowest BCUT2D eigenvalue weighted by molar-refractivity contribution is 0.135. The van der Waals surface area contributed by atoms with Crippen molar-refractivity contribution in [3.05, 3.63) is 0 Å². The van der Waals surface area contributed by atoms with Crippen LogP contribution in [0, 0.1) is 5.92 Å². The van der Waals surface area contributed by atoms with Gasteiger partial charge in [-0.1, -0.05) is 0 Å². The molecule has 2 rings (SSSR count). The summed E-state index contributed by atoms with van der Waals surface area (Å²) < 4.78 is 0.